The molecule has 0 aliphatic heterocycles. The van der Waals surface area contributed by atoms with Crippen molar-refractivity contribution in [1.82, 2.24) is 0 Å². The summed E-state index contributed by atoms with van der Waals surface area (Å²) in [5.41, 5.74) is 3.32. The normalized spacial score (nSPS) is 11.7. The molecule has 0 aliphatic rings. The van der Waals surface area contributed by atoms with Crippen molar-refractivity contribution < 1.29 is 55.5 Å². The van der Waals surface area contributed by atoms with Crippen LogP contribution in [0, 0.1) is 0 Å². The van der Waals surface area contributed by atoms with Gasteiger partial charge in [0.1, 0.15) is 20.2 Å². The number of hydrogen-bond donors (Lipinski definition) is 0. The average molecular weight is 512 g/mol. The van der Waals surface area contributed by atoms with Gasteiger partial charge in [-0.3, -0.25) is 0 Å². The number of anilines is 2. The van der Waals surface area contributed by atoms with E-state index in [4.69, 9.17) is 0 Å². The number of benzene rings is 3. The molecule has 0 heterocycles. The van der Waals surface area contributed by atoms with Gasteiger partial charge in [-0.1, -0.05) is 30.3 Å². The Morgan fingerprint density at radius 3 is 1.38 bits per heavy atom. The first-order valence-electron chi connectivity index (χ1n) is 9.89. The van der Waals surface area contributed by atoms with E-state index in [2.05, 4.69) is 0 Å². The summed E-state index contributed by atoms with van der Waals surface area (Å²) in [5.74, 6) is -0.695. The van der Waals surface area contributed by atoms with Crippen LogP contribution in [0.2, 0.25) is 0 Å². The molecule has 0 unspecified atom stereocenters. The molecule has 34 heavy (non-hydrogen) atoms. The van der Waals surface area contributed by atoms with Gasteiger partial charge in [0, 0.05) is 45.5 Å². The third-order valence-corrected chi connectivity index (χ3v) is 7.06. The predicted octanol–water partition coefficient (Wildman–Crippen LogP) is -0.189. The minimum Gasteiger partial charge on any atom is -0.744 e. The molecular formula is C23H24N2NaO6S2-. The number of nitrogens with zero attached hydrogens (tertiary/aromatic N) is 2. The van der Waals surface area contributed by atoms with Gasteiger partial charge in [0.05, 0.1) is 9.79 Å². The van der Waals surface area contributed by atoms with Crippen LogP contribution in [0.15, 0.2) is 76.5 Å². The van der Waals surface area contributed by atoms with E-state index in [0.29, 0.717) is 17.2 Å². The first kappa shape index (κ1) is 28.3. The van der Waals surface area contributed by atoms with E-state index in [1.165, 1.54) is 6.07 Å². The molecule has 8 nitrogen and oxygen atoms in total. The Morgan fingerprint density at radius 1 is 0.647 bits per heavy atom. The van der Waals surface area contributed by atoms with Crippen LogP contribution in [0.3, 0.4) is 0 Å². The summed E-state index contributed by atoms with van der Waals surface area (Å²) >= 11 is 0. The molecule has 0 N–H and O–H groups in total. The Morgan fingerprint density at radius 2 is 1.06 bits per heavy atom. The van der Waals surface area contributed by atoms with Crippen LogP contribution in [0.25, 0.3) is 0 Å². The summed E-state index contributed by atoms with van der Waals surface area (Å²) in [6, 6.07) is 17.6. The van der Waals surface area contributed by atoms with E-state index < -0.39 is 35.9 Å². The Labute approximate surface area is 223 Å². The van der Waals surface area contributed by atoms with E-state index in [0.717, 1.165) is 17.4 Å². The summed E-state index contributed by atoms with van der Waals surface area (Å²) in [4.78, 5) is 2.31. The SMILES string of the molecule is CN(C)c1ccc(C(c2ccc(N(C)C)cc2)c2ccc(S(=O)(=O)[O-])cc2S(=O)(=O)[O-])cc1.[Na+]. The summed E-state index contributed by atoms with van der Waals surface area (Å²) in [6.45, 7) is 0. The van der Waals surface area contributed by atoms with Crippen LogP contribution in [0.5, 0.6) is 0 Å². The molecule has 176 valence electrons. The van der Waals surface area contributed by atoms with Crippen LogP contribution in [-0.4, -0.2) is 54.1 Å². The minimum atomic E-state index is -5.09. The maximum Gasteiger partial charge on any atom is 1.00 e. The predicted molar refractivity (Wildman–Crippen MR) is 125 cm³/mol. The average Bonchev–Trinajstić information content (AvgIpc) is 2.73. The Kier molecular flexibility index (Phi) is 8.98. The van der Waals surface area contributed by atoms with E-state index in [1.807, 2.05) is 86.5 Å². The van der Waals surface area contributed by atoms with Crippen molar-refractivity contribution >= 4 is 31.6 Å². The third kappa shape index (κ3) is 6.39. The Hall–Kier alpha value is -1.92. The molecule has 0 bridgehead atoms. The van der Waals surface area contributed by atoms with Crippen LogP contribution >= 0.6 is 0 Å². The fraction of sp³-hybridized carbons (Fsp3) is 0.217. The molecule has 0 saturated carbocycles. The summed E-state index contributed by atoms with van der Waals surface area (Å²) in [6.07, 6.45) is 0. The maximum atomic E-state index is 12.1. The van der Waals surface area contributed by atoms with Gasteiger partial charge in [-0.25, -0.2) is 16.8 Å². The van der Waals surface area contributed by atoms with Gasteiger partial charge in [-0.15, -0.1) is 0 Å². The first-order chi connectivity index (χ1) is 15.3. The standard InChI is InChI=1S/C23H26N2O6S2.Na/c1-24(2)18-9-5-16(6-10-18)23(17-7-11-19(12-8-17)25(3)4)21-14-13-20(32(26,27)28)15-22(21)33(29,30)31;/h5-15,23H,1-4H3,(H,26,27,28)(H,29,30,31);/q;+1/p-2. The molecule has 0 radical (unpaired) electrons. The fourth-order valence-corrected chi connectivity index (χ4v) is 4.92. The number of rotatable bonds is 7. The van der Waals surface area contributed by atoms with Crippen molar-refractivity contribution in [3.63, 3.8) is 0 Å². The second kappa shape index (κ2) is 10.8. The van der Waals surface area contributed by atoms with Gasteiger partial charge in [0.25, 0.3) is 0 Å². The second-order valence-electron chi connectivity index (χ2n) is 8.01. The smallest absolute Gasteiger partial charge is 0.744 e. The maximum absolute atomic E-state index is 12.1. The zero-order chi connectivity index (χ0) is 24.6. The molecule has 0 fully saturated rings. The molecule has 0 spiro atoms. The van der Waals surface area contributed by atoms with E-state index in [9.17, 15) is 25.9 Å². The number of hydrogen-bond acceptors (Lipinski definition) is 8. The molecule has 0 atom stereocenters. The van der Waals surface area contributed by atoms with Gasteiger partial charge in [0.2, 0.25) is 0 Å². The molecule has 3 aromatic carbocycles. The monoisotopic (exact) mass is 511 g/mol. The molecular weight excluding hydrogens is 487 g/mol. The van der Waals surface area contributed by atoms with E-state index >= 15 is 0 Å². The molecule has 3 rings (SSSR count). The topological polar surface area (TPSA) is 121 Å². The largest absolute Gasteiger partial charge is 1.00 e. The van der Waals surface area contributed by atoms with Crippen molar-refractivity contribution in [2.45, 2.75) is 15.7 Å². The van der Waals surface area contributed by atoms with Crippen molar-refractivity contribution in [1.29, 1.82) is 0 Å². The zero-order valence-corrected chi connectivity index (χ0v) is 23.2. The first-order valence-corrected chi connectivity index (χ1v) is 12.7. The second-order valence-corrected chi connectivity index (χ2v) is 10.7. The third-order valence-electron chi connectivity index (χ3n) is 5.34. The Bertz CT molecular complexity index is 1300. The van der Waals surface area contributed by atoms with Gasteiger partial charge in [-0.05, 0) is 53.1 Å². The molecule has 3 aromatic rings. The summed E-state index contributed by atoms with van der Waals surface area (Å²) in [5, 5.41) is 0. The molecule has 11 heteroatoms. The van der Waals surface area contributed by atoms with Crippen molar-refractivity contribution in [3.05, 3.63) is 83.4 Å². The minimum absolute atomic E-state index is 0. The van der Waals surface area contributed by atoms with Crippen LogP contribution in [0.4, 0.5) is 11.4 Å². The van der Waals surface area contributed by atoms with Crippen molar-refractivity contribution in [3.8, 4) is 0 Å². The van der Waals surface area contributed by atoms with Crippen molar-refractivity contribution in [2.24, 2.45) is 0 Å². The van der Waals surface area contributed by atoms with Gasteiger partial charge < -0.3 is 18.9 Å². The van der Waals surface area contributed by atoms with Crippen LogP contribution in [0.1, 0.15) is 22.6 Å². The summed E-state index contributed by atoms with van der Waals surface area (Å²) in [7, 11) is -2.50. The van der Waals surface area contributed by atoms with Crippen LogP contribution in [-0.2, 0) is 20.2 Å². The van der Waals surface area contributed by atoms with Crippen molar-refractivity contribution in [2.75, 3.05) is 38.0 Å². The van der Waals surface area contributed by atoms with Gasteiger partial charge in [0.15, 0.2) is 0 Å². The molecule has 0 saturated heterocycles. The van der Waals surface area contributed by atoms with Gasteiger partial charge >= 0.3 is 29.6 Å². The quantitative estimate of drug-likeness (QED) is 0.243. The van der Waals surface area contributed by atoms with Gasteiger partial charge in [-0.2, -0.15) is 0 Å². The fourth-order valence-electron chi connectivity index (χ4n) is 3.61. The summed E-state index contributed by atoms with van der Waals surface area (Å²) < 4.78 is 70.8. The molecule has 0 amide bonds. The van der Waals surface area contributed by atoms with Crippen LogP contribution < -0.4 is 39.4 Å². The van der Waals surface area contributed by atoms with E-state index in [-0.39, 0.29) is 35.1 Å². The molecule has 0 aliphatic carbocycles. The van der Waals surface area contributed by atoms with E-state index in [1.54, 1.807) is 0 Å². The zero-order valence-electron chi connectivity index (χ0n) is 19.6. The Balaban J connectivity index is 0.00000408. The molecule has 0 aromatic heterocycles.